The highest BCUT2D eigenvalue weighted by atomic mass is 35.5. The Morgan fingerprint density at radius 2 is 2.00 bits per heavy atom. The highest BCUT2D eigenvalue weighted by Gasteiger charge is 2.35. The number of amides is 1. The molecule has 0 aromatic heterocycles. The summed E-state index contributed by atoms with van der Waals surface area (Å²) < 4.78 is 31.3. The Morgan fingerprint density at radius 1 is 1.29 bits per heavy atom. The van der Waals surface area contributed by atoms with E-state index in [4.69, 9.17) is 16.3 Å². The second-order valence-electron chi connectivity index (χ2n) is 6.95. The van der Waals surface area contributed by atoms with Crippen LogP contribution in [0.2, 0.25) is 5.02 Å². The molecule has 0 bridgehead atoms. The summed E-state index contributed by atoms with van der Waals surface area (Å²) in [6.07, 6.45) is 1.78. The molecule has 28 heavy (non-hydrogen) atoms. The van der Waals surface area contributed by atoms with Crippen LogP contribution in [-0.4, -0.2) is 39.3 Å². The smallest absolute Gasteiger partial charge is 0.263 e. The van der Waals surface area contributed by atoms with Gasteiger partial charge in [-0.05, 0) is 43.5 Å². The molecule has 1 N–H and O–H groups in total. The molecule has 150 valence electrons. The SMILES string of the molecule is CC(CCc1ccccc1)NC(=O)C1CN(S(C)(=O)=O)c2cc(Cl)ccc2O1. The molecule has 2 aromatic rings. The maximum absolute atomic E-state index is 12.7. The van der Waals surface area contributed by atoms with Crippen molar-refractivity contribution in [2.24, 2.45) is 0 Å². The summed E-state index contributed by atoms with van der Waals surface area (Å²) in [5.41, 5.74) is 1.54. The van der Waals surface area contributed by atoms with E-state index >= 15 is 0 Å². The Balaban J connectivity index is 1.67. The van der Waals surface area contributed by atoms with Gasteiger partial charge in [0.15, 0.2) is 6.10 Å². The minimum atomic E-state index is -3.58. The summed E-state index contributed by atoms with van der Waals surface area (Å²) in [5, 5.41) is 3.32. The predicted molar refractivity (Wildman–Crippen MR) is 110 cm³/mol. The van der Waals surface area contributed by atoms with Crippen LogP contribution in [0.3, 0.4) is 0 Å². The maximum atomic E-state index is 12.7. The number of aryl methyl sites for hydroxylation is 1. The third-order valence-corrected chi connectivity index (χ3v) is 5.96. The van der Waals surface area contributed by atoms with E-state index in [2.05, 4.69) is 5.32 Å². The van der Waals surface area contributed by atoms with E-state index in [0.29, 0.717) is 16.5 Å². The summed E-state index contributed by atoms with van der Waals surface area (Å²) in [6.45, 7) is 1.83. The van der Waals surface area contributed by atoms with Crippen molar-refractivity contribution in [2.75, 3.05) is 17.1 Å². The van der Waals surface area contributed by atoms with Crippen LogP contribution in [0.1, 0.15) is 18.9 Å². The second kappa shape index (κ2) is 8.41. The Morgan fingerprint density at radius 3 is 2.68 bits per heavy atom. The van der Waals surface area contributed by atoms with Crippen molar-refractivity contribution in [3.63, 3.8) is 0 Å². The van der Waals surface area contributed by atoms with Crippen molar-refractivity contribution < 1.29 is 17.9 Å². The van der Waals surface area contributed by atoms with Crippen molar-refractivity contribution in [3.05, 3.63) is 59.1 Å². The van der Waals surface area contributed by atoms with Crippen molar-refractivity contribution in [3.8, 4) is 5.75 Å². The van der Waals surface area contributed by atoms with Crippen LogP contribution in [0.15, 0.2) is 48.5 Å². The number of benzene rings is 2. The van der Waals surface area contributed by atoms with E-state index in [0.717, 1.165) is 23.4 Å². The molecule has 2 aromatic carbocycles. The van der Waals surface area contributed by atoms with Crippen LogP contribution >= 0.6 is 11.6 Å². The molecule has 2 unspecified atom stereocenters. The number of carbonyl (C=O) groups is 1. The molecule has 0 radical (unpaired) electrons. The van der Waals surface area contributed by atoms with Gasteiger partial charge in [0, 0.05) is 11.1 Å². The van der Waals surface area contributed by atoms with Gasteiger partial charge in [-0.3, -0.25) is 9.10 Å². The first-order valence-corrected chi connectivity index (χ1v) is 11.2. The number of ether oxygens (including phenoxy) is 1. The van der Waals surface area contributed by atoms with Crippen LogP contribution < -0.4 is 14.4 Å². The number of nitrogens with zero attached hydrogens (tertiary/aromatic N) is 1. The van der Waals surface area contributed by atoms with Crippen molar-refractivity contribution in [1.82, 2.24) is 5.32 Å². The van der Waals surface area contributed by atoms with Gasteiger partial charge in [-0.15, -0.1) is 0 Å². The average molecular weight is 423 g/mol. The van der Waals surface area contributed by atoms with Gasteiger partial charge in [-0.2, -0.15) is 0 Å². The minimum absolute atomic E-state index is 0.0744. The summed E-state index contributed by atoms with van der Waals surface area (Å²) >= 11 is 5.99. The Bertz CT molecular complexity index is 950. The lowest BCUT2D eigenvalue weighted by molar-refractivity contribution is -0.128. The zero-order valence-corrected chi connectivity index (χ0v) is 17.3. The Labute approximate surface area is 170 Å². The van der Waals surface area contributed by atoms with E-state index in [1.54, 1.807) is 12.1 Å². The van der Waals surface area contributed by atoms with Gasteiger partial charge in [0.1, 0.15) is 5.75 Å². The summed E-state index contributed by atoms with van der Waals surface area (Å²) in [4.78, 5) is 12.7. The third kappa shape index (κ3) is 4.97. The molecular formula is C20H23ClN2O4S. The van der Waals surface area contributed by atoms with E-state index in [9.17, 15) is 13.2 Å². The topological polar surface area (TPSA) is 75.7 Å². The normalized spacial score (nSPS) is 17.4. The molecular weight excluding hydrogens is 400 g/mol. The highest BCUT2D eigenvalue weighted by molar-refractivity contribution is 7.92. The minimum Gasteiger partial charge on any atom is -0.476 e. The lowest BCUT2D eigenvalue weighted by Crippen LogP contribution is -2.52. The molecule has 0 saturated carbocycles. The molecule has 1 aliphatic heterocycles. The number of nitrogens with one attached hydrogen (secondary N) is 1. The van der Waals surface area contributed by atoms with Crippen molar-refractivity contribution in [1.29, 1.82) is 0 Å². The van der Waals surface area contributed by atoms with Crippen LogP contribution in [0.5, 0.6) is 5.75 Å². The van der Waals surface area contributed by atoms with E-state index < -0.39 is 16.1 Å². The van der Waals surface area contributed by atoms with Crippen LogP contribution in [-0.2, 0) is 21.2 Å². The average Bonchev–Trinajstić information content (AvgIpc) is 2.65. The zero-order valence-electron chi connectivity index (χ0n) is 15.8. The fraction of sp³-hybridized carbons (Fsp3) is 0.350. The molecule has 0 fully saturated rings. The van der Waals surface area contributed by atoms with Gasteiger partial charge < -0.3 is 10.1 Å². The third-order valence-electron chi connectivity index (χ3n) is 4.58. The fourth-order valence-corrected chi connectivity index (χ4v) is 4.18. The summed E-state index contributed by atoms with van der Waals surface area (Å²) in [6, 6.07) is 14.7. The van der Waals surface area contributed by atoms with Gasteiger partial charge in [-0.1, -0.05) is 41.9 Å². The number of rotatable bonds is 6. The molecule has 6 nitrogen and oxygen atoms in total. The number of sulfonamides is 1. The van der Waals surface area contributed by atoms with Gasteiger partial charge in [0.25, 0.3) is 5.91 Å². The quantitative estimate of drug-likeness (QED) is 0.776. The number of halogens is 1. The highest BCUT2D eigenvalue weighted by Crippen LogP contribution is 2.37. The lowest BCUT2D eigenvalue weighted by atomic mass is 10.1. The molecule has 1 heterocycles. The second-order valence-corrected chi connectivity index (χ2v) is 9.29. The van der Waals surface area contributed by atoms with E-state index in [1.807, 2.05) is 37.3 Å². The Kier molecular flexibility index (Phi) is 6.15. The van der Waals surface area contributed by atoms with Gasteiger partial charge in [0.05, 0.1) is 18.5 Å². The van der Waals surface area contributed by atoms with Gasteiger partial charge in [0.2, 0.25) is 10.0 Å². The monoisotopic (exact) mass is 422 g/mol. The van der Waals surface area contributed by atoms with Crippen molar-refractivity contribution in [2.45, 2.75) is 31.9 Å². The van der Waals surface area contributed by atoms with Crippen LogP contribution in [0.25, 0.3) is 0 Å². The Hall–Kier alpha value is -2.25. The van der Waals surface area contributed by atoms with Crippen LogP contribution in [0.4, 0.5) is 5.69 Å². The number of hydrogen-bond donors (Lipinski definition) is 1. The first-order chi connectivity index (χ1) is 13.2. The predicted octanol–water partition coefficient (Wildman–Crippen LogP) is 3.00. The number of carbonyl (C=O) groups excluding carboxylic acids is 1. The molecule has 1 amide bonds. The zero-order chi connectivity index (χ0) is 20.3. The molecule has 2 atom stereocenters. The fourth-order valence-electron chi connectivity index (χ4n) is 3.11. The van der Waals surface area contributed by atoms with Crippen LogP contribution in [0, 0.1) is 0 Å². The van der Waals surface area contributed by atoms with E-state index in [1.165, 1.54) is 11.6 Å². The lowest BCUT2D eigenvalue weighted by Gasteiger charge is -2.34. The van der Waals surface area contributed by atoms with Crippen molar-refractivity contribution >= 4 is 33.2 Å². The maximum Gasteiger partial charge on any atom is 0.263 e. The molecule has 1 aliphatic rings. The molecule has 8 heteroatoms. The number of hydrogen-bond acceptors (Lipinski definition) is 4. The molecule has 0 aliphatic carbocycles. The molecule has 0 spiro atoms. The molecule has 0 saturated heterocycles. The first-order valence-electron chi connectivity index (χ1n) is 9.02. The number of anilines is 1. The van der Waals surface area contributed by atoms with E-state index in [-0.39, 0.29) is 18.5 Å². The first kappa shape index (κ1) is 20.5. The molecule has 3 rings (SSSR count). The summed E-state index contributed by atoms with van der Waals surface area (Å²) in [5.74, 6) is -0.0204. The van der Waals surface area contributed by atoms with Gasteiger partial charge in [-0.25, -0.2) is 8.42 Å². The van der Waals surface area contributed by atoms with Gasteiger partial charge >= 0.3 is 0 Å². The number of fused-ring (bicyclic) bond motifs is 1. The standard InChI is InChI=1S/C20H23ClN2O4S/c1-14(8-9-15-6-4-3-5-7-15)22-20(24)19-13-23(28(2,25)26)17-12-16(21)10-11-18(17)27-19/h3-7,10-12,14,19H,8-9,13H2,1-2H3,(H,22,24). The summed E-state index contributed by atoms with van der Waals surface area (Å²) in [7, 11) is -3.58. The largest absolute Gasteiger partial charge is 0.476 e.